The van der Waals surface area contributed by atoms with Crippen LogP contribution in [0.3, 0.4) is 0 Å². The summed E-state index contributed by atoms with van der Waals surface area (Å²) in [5, 5.41) is 0. The number of hydrogen-bond acceptors (Lipinski definition) is 4. The molecular formula is C12H23NO4S. The normalized spacial score (nSPS) is 28.2. The summed E-state index contributed by atoms with van der Waals surface area (Å²) in [4.78, 5) is 0. The summed E-state index contributed by atoms with van der Waals surface area (Å²) in [6, 6.07) is 0. The zero-order chi connectivity index (χ0) is 13.2. The molecule has 2 aliphatic rings. The number of nitrogens with zero attached hydrogens (tertiary/aromatic N) is 1. The van der Waals surface area contributed by atoms with Crippen LogP contribution in [0.25, 0.3) is 0 Å². The van der Waals surface area contributed by atoms with Gasteiger partial charge in [0, 0.05) is 32.7 Å². The Morgan fingerprint density at radius 3 is 2.72 bits per heavy atom. The Kier molecular flexibility index (Phi) is 4.31. The minimum Gasteiger partial charge on any atom is -0.378 e. The molecule has 0 amide bonds. The average molecular weight is 277 g/mol. The predicted molar refractivity (Wildman–Crippen MR) is 69.0 cm³/mol. The van der Waals surface area contributed by atoms with Crippen molar-refractivity contribution >= 4 is 10.0 Å². The number of hydrogen-bond donors (Lipinski definition) is 0. The van der Waals surface area contributed by atoms with Gasteiger partial charge in [-0.15, -0.1) is 0 Å². The van der Waals surface area contributed by atoms with Crippen LogP contribution in [0.1, 0.15) is 33.1 Å². The van der Waals surface area contributed by atoms with E-state index in [9.17, 15) is 8.42 Å². The summed E-state index contributed by atoms with van der Waals surface area (Å²) in [5.74, 6) is 0.234. The molecule has 5 nitrogen and oxygen atoms in total. The Balaban J connectivity index is 1.90. The smallest absolute Gasteiger partial charge is 0.214 e. The summed E-state index contributed by atoms with van der Waals surface area (Å²) in [5.41, 5.74) is -0.279. The highest BCUT2D eigenvalue weighted by Crippen LogP contribution is 2.36. The van der Waals surface area contributed by atoms with Crippen LogP contribution in [0, 0.1) is 0 Å². The molecule has 2 rings (SSSR count). The van der Waals surface area contributed by atoms with Gasteiger partial charge in [0.15, 0.2) is 0 Å². The topological polar surface area (TPSA) is 55.8 Å². The van der Waals surface area contributed by atoms with Crippen LogP contribution >= 0.6 is 0 Å². The van der Waals surface area contributed by atoms with Crippen molar-refractivity contribution in [3.63, 3.8) is 0 Å². The van der Waals surface area contributed by atoms with Crippen molar-refractivity contribution in [3.8, 4) is 0 Å². The maximum Gasteiger partial charge on any atom is 0.214 e. The third-order valence-corrected chi connectivity index (χ3v) is 5.60. The Morgan fingerprint density at radius 1 is 1.39 bits per heavy atom. The second-order valence-electron chi connectivity index (χ2n) is 5.19. The SMILES string of the molecule is CCCS(=O)(=O)N1CC2(CC(OCC)CCO2)C1. The van der Waals surface area contributed by atoms with E-state index in [1.54, 1.807) is 4.31 Å². The highest BCUT2D eigenvalue weighted by atomic mass is 32.2. The molecule has 0 aromatic rings. The summed E-state index contributed by atoms with van der Waals surface area (Å²) in [7, 11) is -3.07. The van der Waals surface area contributed by atoms with Crippen LogP contribution in [0.5, 0.6) is 0 Å². The molecule has 1 spiro atoms. The van der Waals surface area contributed by atoms with Gasteiger partial charge in [0.1, 0.15) is 0 Å². The molecule has 0 N–H and O–H groups in total. The molecule has 0 saturated carbocycles. The summed E-state index contributed by atoms with van der Waals surface area (Å²) < 4.78 is 36.7. The van der Waals surface area contributed by atoms with Crippen LogP contribution in [0.15, 0.2) is 0 Å². The minimum atomic E-state index is -3.07. The highest BCUT2D eigenvalue weighted by Gasteiger charge is 2.51. The van der Waals surface area contributed by atoms with Gasteiger partial charge < -0.3 is 9.47 Å². The van der Waals surface area contributed by atoms with E-state index < -0.39 is 10.0 Å². The lowest BCUT2D eigenvalue weighted by Gasteiger charge is -2.52. The van der Waals surface area contributed by atoms with Crippen molar-refractivity contribution in [1.29, 1.82) is 0 Å². The molecule has 0 bridgehead atoms. The van der Waals surface area contributed by atoms with E-state index in [2.05, 4.69) is 0 Å². The molecule has 18 heavy (non-hydrogen) atoms. The van der Waals surface area contributed by atoms with Gasteiger partial charge in [-0.3, -0.25) is 0 Å². The van der Waals surface area contributed by atoms with Crippen molar-refractivity contribution < 1.29 is 17.9 Å². The molecule has 2 aliphatic heterocycles. The second kappa shape index (κ2) is 5.45. The molecule has 106 valence electrons. The van der Waals surface area contributed by atoms with E-state index in [4.69, 9.17) is 9.47 Å². The summed E-state index contributed by atoms with van der Waals surface area (Å²) >= 11 is 0. The maximum atomic E-state index is 11.9. The van der Waals surface area contributed by atoms with Gasteiger partial charge in [-0.2, -0.15) is 4.31 Å². The monoisotopic (exact) mass is 277 g/mol. The molecule has 0 radical (unpaired) electrons. The summed E-state index contributed by atoms with van der Waals surface area (Å²) in [6.45, 7) is 6.25. The van der Waals surface area contributed by atoms with Crippen LogP contribution < -0.4 is 0 Å². The zero-order valence-corrected chi connectivity index (χ0v) is 12.0. The predicted octanol–water partition coefficient (Wildman–Crippen LogP) is 0.996. The van der Waals surface area contributed by atoms with Crippen molar-refractivity contribution in [2.24, 2.45) is 0 Å². The quantitative estimate of drug-likeness (QED) is 0.752. The van der Waals surface area contributed by atoms with Crippen molar-refractivity contribution in [2.75, 3.05) is 32.1 Å². The van der Waals surface area contributed by atoms with Gasteiger partial charge in [-0.25, -0.2) is 8.42 Å². The number of sulfonamides is 1. The zero-order valence-electron chi connectivity index (χ0n) is 11.2. The first-order valence-corrected chi connectivity index (χ1v) is 8.35. The third-order valence-electron chi connectivity index (χ3n) is 3.63. The summed E-state index contributed by atoms with van der Waals surface area (Å²) in [6.07, 6.45) is 2.62. The van der Waals surface area contributed by atoms with Gasteiger partial charge >= 0.3 is 0 Å². The van der Waals surface area contributed by atoms with E-state index in [-0.39, 0.29) is 17.5 Å². The fourth-order valence-electron chi connectivity index (χ4n) is 2.76. The molecule has 2 saturated heterocycles. The first-order valence-electron chi connectivity index (χ1n) is 6.75. The van der Waals surface area contributed by atoms with Gasteiger partial charge in [0.05, 0.1) is 17.5 Å². The fraction of sp³-hybridized carbons (Fsp3) is 1.00. The molecule has 0 aliphatic carbocycles. The maximum absolute atomic E-state index is 11.9. The lowest BCUT2D eigenvalue weighted by atomic mass is 9.86. The van der Waals surface area contributed by atoms with Crippen LogP contribution in [-0.4, -0.2) is 56.5 Å². The van der Waals surface area contributed by atoms with E-state index in [0.717, 1.165) is 12.8 Å². The van der Waals surface area contributed by atoms with Crippen LogP contribution in [0.4, 0.5) is 0 Å². The van der Waals surface area contributed by atoms with Gasteiger partial charge in [-0.1, -0.05) is 6.92 Å². The van der Waals surface area contributed by atoms with Crippen LogP contribution in [0.2, 0.25) is 0 Å². The minimum absolute atomic E-state index is 0.222. The Labute approximate surface area is 109 Å². The van der Waals surface area contributed by atoms with E-state index in [1.165, 1.54) is 0 Å². The molecule has 0 aromatic heterocycles. The van der Waals surface area contributed by atoms with Crippen molar-refractivity contribution in [3.05, 3.63) is 0 Å². The lowest BCUT2D eigenvalue weighted by Crippen LogP contribution is -2.67. The molecular weight excluding hydrogens is 254 g/mol. The van der Waals surface area contributed by atoms with Crippen molar-refractivity contribution in [1.82, 2.24) is 4.31 Å². The molecule has 1 atom stereocenters. The Bertz CT molecular complexity index is 374. The second-order valence-corrected chi connectivity index (χ2v) is 7.27. The highest BCUT2D eigenvalue weighted by molar-refractivity contribution is 7.89. The number of rotatable bonds is 5. The third kappa shape index (κ3) is 2.87. The average Bonchev–Trinajstić information content (AvgIpc) is 2.26. The van der Waals surface area contributed by atoms with Gasteiger partial charge in [0.25, 0.3) is 0 Å². The van der Waals surface area contributed by atoms with E-state index >= 15 is 0 Å². The van der Waals surface area contributed by atoms with E-state index in [1.807, 2.05) is 13.8 Å². The first kappa shape index (κ1) is 14.2. The fourth-order valence-corrected chi connectivity index (χ4v) is 4.40. The van der Waals surface area contributed by atoms with Gasteiger partial charge in [0.2, 0.25) is 10.0 Å². The molecule has 2 fully saturated rings. The standard InChI is InChI=1S/C12H23NO4S/c1-3-7-18(14,15)13-9-12(10-13)8-11(16-4-2)5-6-17-12/h11H,3-10H2,1-2H3. The first-order chi connectivity index (χ1) is 8.51. The Hall–Kier alpha value is -0.170. The Morgan fingerprint density at radius 2 is 2.11 bits per heavy atom. The molecule has 1 unspecified atom stereocenters. The molecule has 0 aromatic carbocycles. The molecule has 6 heteroatoms. The van der Waals surface area contributed by atoms with Gasteiger partial charge in [-0.05, 0) is 19.8 Å². The van der Waals surface area contributed by atoms with E-state index in [0.29, 0.717) is 32.7 Å². The largest absolute Gasteiger partial charge is 0.378 e. The molecule has 2 heterocycles. The lowest BCUT2D eigenvalue weighted by molar-refractivity contribution is -0.177. The van der Waals surface area contributed by atoms with Crippen molar-refractivity contribution in [2.45, 2.75) is 44.8 Å². The number of ether oxygens (including phenoxy) is 2. The van der Waals surface area contributed by atoms with Crippen LogP contribution in [-0.2, 0) is 19.5 Å².